The molecule has 1 heterocycles. The van der Waals surface area contributed by atoms with Crippen LogP contribution in [0.1, 0.15) is 33.1 Å². The molecule has 0 aromatic heterocycles. The lowest BCUT2D eigenvalue weighted by atomic mass is 10.1. The zero-order valence-electron chi connectivity index (χ0n) is 10.1. The van der Waals surface area contributed by atoms with Crippen LogP contribution in [0.5, 0.6) is 0 Å². The normalized spacial score (nSPS) is 23.9. The SMILES string of the molecule is CC(C)OCCS(=O)(=O)N1CCCCC1N. The molecule has 0 amide bonds. The van der Waals surface area contributed by atoms with E-state index >= 15 is 0 Å². The van der Waals surface area contributed by atoms with E-state index in [1.54, 1.807) is 0 Å². The number of hydrogen-bond acceptors (Lipinski definition) is 4. The topological polar surface area (TPSA) is 72.6 Å². The van der Waals surface area contributed by atoms with E-state index < -0.39 is 10.0 Å². The molecule has 2 N–H and O–H groups in total. The van der Waals surface area contributed by atoms with Gasteiger partial charge in [-0.05, 0) is 33.1 Å². The van der Waals surface area contributed by atoms with E-state index in [0.29, 0.717) is 6.54 Å². The smallest absolute Gasteiger partial charge is 0.217 e. The van der Waals surface area contributed by atoms with Gasteiger partial charge in [0.25, 0.3) is 0 Å². The highest BCUT2D eigenvalue weighted by atomic mass is 32.2. The third-order valence-electron chi connectivity index (χ3n) is 2.65. The Bertz CT molecular complexity index is 303. The molecular weight excluding hydrogens is 228 g/mol. The van der Waals surface area contributed by atoms with Gasteiger partial charge in [-0.15, -0.1) is 0 Å². The minimum Gasteiger partial charge on any atom is -0.378 e. The summed E-state index contributed by atoms with van der Waals surface area (Å²) in [7, 11) is -3.24. The number of ether oxygens (including phenoxy) is 1. The predicted octanol–water partition coefficient (Wildman–Crippen LogP) is 0.512. The van der Waals surface area contributed by atoms with E-state index in [0.717, 1.165) is 19.3 Å². The van der Waals surface area contributed by atoms with Gasteiger partial charge in [0, 0.05) is 6.54 Å². The molecule has 6 heteroatoms. The molecule has 1 rings (SSSR count). The summed E-state index contributed by atoms with van der Waals surface area (Å²) in [5.74, 6) is 0.0267. The Morgan fingerprint density at radius 2 is 2.12 bits per heavy atom. The minimum atomic E-state index is -3.24. The van der Waals surface area contributed by atoms with Crippen LogP contribution in [0.4, 0.5) is 0 Å². The van der Waals surface area contributed by atoms with E-state index in [4.69, 9.17) is 10.5 Å². The molecule has 1 aliphatic heterocycles. The first-order chi connectivity index (χ1) is 7.43. The van der Waals surface area contributed by atoms with Crippen molar-refractivity contribution < 1.29 is 13.2 Å². The highest BCUT2D eigenvalue weighted by Crippen LogP contribution is 2.17. The van der Waals surface area contributed by atoms with Crippen molar-refractivity contribution in [1.82, 2.24) is 4.31 Å². The second-order valence-corrected chi connectivity index (χ2v) is 6.45. The third kappa shape index (κ3) is 4.01. The molecule has 0 aromatic rings. The molecule has 1 saturated heterocycles. The van der Waals surface area contributed by atoms with Gasteiger partial charge in [-0.25, -0.2) is 8.42 Å². The zero-order chi connectivity index (χ0) is 12.2. The van der Waals surface area contributed by atoms with E-state index in [9.17, 15) is 8.42 Å². The number of rotatable bonds is 5. The van der Waals surface area contributed by atoms with E-state index in [-0.39, 0.29) is 24.6 Å². The minimum absolute atomic E-state index is 0.0267. The van der Waals surface area contributed by atoms with Crippen LogP contribution in [0.25, 0.3) is 0 Å². The lowest BCUT2D eigenvalue weighted by Crippen LogP contribution is -2.49. The molecule has 0 spiro atoms. The van der Waals surface area contributed by atoms with Crippen molar-refractivity contribution >= 4 is 10.0 Å². The molecule has 1 atom stereocenters. The second-order valence-electron chi connectivity index (χ2n) is 4.41. The van der Waals surface area contributed by atoms with E-state index in [1.165, 1.54) is 4.31 Å². The maximum Gasteiger partial charge on any atom is 0.217 e. The molecule has 1 unspecified atom stereocenters. The number of hydrogen-bond donors (Lipinski definition) is 1. The number of sulfonamides is 1. The van der Waals surface area contributed by atoms with Crippen LogP contribution in [0.2, 0.25) is 0 Å². The van der Waals surface area contributed by atoms with Crippen molar-refractivity contribution in [2.75, 3.05) is 18.9 Å². The van der Waals surface area contributed by atoms with Crippen molar-refractivity contribution in [2.24, 2.45) is 5.73 Å². The summed E-state index contributed by atoms with van der Waals surface area (Å²) in [6, 6.07) is 0. The number of nitrogens with two attached hydrogens (primary N) is 1. The van der Waals surface area contributed by atoms with Gasteiger partial charge in [0.2, 0.25) is 10.0 Å². The molecule has 0 radical (unpaired) electrons. The van der Waals surface area contributed by atoms with Crippen LogP contribution >= 0.6 is 0 Å². The molecule has 0 aliphatic carbocycles. The first-order valence-corrected chi connectivity index (χ1v) is 7.41. The summed E-state index contributed by atoms with van der Waals surface area (Å²) in [5.41, 5.74) is 5.80. The van der Waals surface area contributed by atoms with Crippen molar-refractivity contribution in [3.8, 4) is 0 Å². The summed E-state index contributed by atoms with van der Waals surface area (Å²) in [6.45, 7) is 4.56. The second kappa shape index (κ2) is 5.95. The Kier molecular flexibility index (Phi) is 5.17. The predicted molar refractivity (Wildman–Crippen MR) is 63.4 cm³/mol. The summed E-state index contributed by atoms with van der Waals surface area (Å²) in [5, 5.41) is 0. The molecule has 0 saturated carbocycles. The largest absolute Gasteiger partial charge is 0.378 e. The van der Waals surface area contributed by atoms with Crippen LogP contribution in [0.15, 0.2) is 0 Å². The van der Waals surface area contributed by atoms with E-state index in [1.807, 2.05) is 13.8 Å². The Morgan fingerprint density at radius 3 is 2.69 bits per heavy atom. The van der Waals surface area contributed by atoms with Crippen LogP contribution in [-0.4, -0.2) is 43.9 Å². The van der Waals surface area contributed by atoms with Crippen LogP contribution in [0, 0.1) is 0 Å². The quantitative estimate of drug-likeness (QED) is 0.771. The van der Waals surface area contributed by atoms with Gasteiger partial charge < -0.3 is 10.5 Å². The molecule has 5 nitrogen and oxygen atoms in total. The Morgan fingerprint density at radius 1 is 1.44 bits per heavy atom. The fourth-order valence-corrected chi connectivity index (χ4v) is 3.25. The number of piperidine rings is 1. The highest BCUT2D eigenvalue weighted by molar-refractivity contribution is 7.89. The van der Waals surface area contributed by atoms with E-state index in [2.05, 4.69) is 0 Å². The van der Waals surface area contributed by atoms with Crippen molar-refractivity contribution in [3.63, 3.8) is 0 Å². The van der Waals surface area contributed by atoms with Gasteiger partial charge in [0.05, 0.1) is 24.6 Å². The van der Waals surface area contributed by atoms with Gasteiger partial charge >= 0.3 is 0 Å². The van der Waals surface area contributed by atoms with Gasteiger partial charge in [-0.2, -0.15) is 4.31 Å². The number of nitrogens with zero attached hydrogens (tertiary/aromatic N) is 1. The van der Waals surface area contributed by atoms with Crippen molar-refractivity contribution in [3.05, 3.63) is 0 Å². The average molecular weight is 250 g/mol. The fourth-order valence-electron chi connectivity index (χ4n) is 1.78. The molecule has 1 aliphatic rings. The molecule has 96 valence electrons. The lowest BCUT2D eigenvalue weighted by molar-refractivity contribution is 0.0902. The first-order valence-electron chi connectivity index (χ1n) is 5.80. The van der Waals surface area contributed by atoms with Gasteiger partial charge in [-0.1, -0.05) is 0 Å². The summed E-state index contributed by atoms with van der Waals surface area (Å²) in [4.78, 5) is 0. The van der Waals surface area contributed by atoms with Crippen LogP contribution in [0.3, 0.4) is 0 Å². The standard InChI is InChI=1S/C10H22N2O3S/c1-9(2)15-7-8-16(13,14)12-6-4-3-5-10(12)11/h9-10H,3-8,11H2,1-2H3. The zero-order valence-corrected chi connectivity index (χ0v) is 10.9. The third-order valence-corrected chi connectivity index (χ3v) is 4.50. The summed E-state index contributed by atoms with van der Waals surface area (Å²) >= 11 is 0. The van der Waals surface area contributed by atoms with Gasteiger partial charge in [-0.3, -0.25) is 0 Å². The lowest BCUT2D eigenvalue weighted by Gasteiger charge is -2.31. The van der Waals surface area contributed by atoms with Crippen molar-refractivity contribution in [1.29, 1.82) is 0 Å². The highest BCUT2D eigenvalue weighted by Gasteiger charge is 2.29. The molecule has 1 fully saturated rings. The summed E-state index contributed by atoms with van der Waals surface area (Å²) in [6.07, 6.45) is 2.38. The molecule has 0 bridgehead atoms. The Balaban J connectivity index is 2.48. The van der Waals surface area contributed by atoms with Gasteiger partial charge in [0.15, 0.2) is 0 Å². The molecule has 0 aromatic carbocycles. The summed E-state index contributed by atoms with van der Waals surface area (Å²) < 4.78 is 30.6. The van der Waals surface area contributed by atoms with Gasteiger partial charge in [0.1, 0.15) is 0 Å². The fraction of sp³-hybridized carbons (Fsp3) is 1.00. The monoisotopic (exact) mass is 250 g/mol. The first kappa shape index (κ1) is 13.9. The maximum atomic E-state index is 11.9. The Hall–Kier alpha value is -0.170. The molecular formula is C10H22N2O3S. The van der Waals surface area contributed by atoms with Crippen LogP contribution < -0.4 is 5.73 Å². The maximum absolute atomic E-state index is 11.9. The average Bonchev–Trinajstić information content (AvgIpc) is 2.17. The Labute approximate surface area is 98.0 Å². The van der Waals surface area contributed by atoms with Crippen molar-refractivity contribution in [2.45, 2.75) is 45.4 Å². The molecule has 16 heavy (non-hydrogen) atoms. The van der Waals surface area contributed by atoms with Crippen LogP contribution in [-0.2, 0) is 14.8 Å².